The summed E-state index contributed by atoms with van der Waals surface area (Å²) in [5.41, 5.74) is 0.849. The molecule has 0 atom stereocenters. The maximum Gasteiger partial charge on any atom is 0.252 e. The van der Waals surface area contributed by atoms with Gasteiger partial charge in [0.05, 0.1) is 6.61 Å². The van der Waals surface area contributed by atoms with Crippen molar-refractivity contribution in [1.29, 1.82) is 0 Å². The summed E-state index contributed by atoms with van der Waals surface area (Å²) in [7, 11) is -1.74. The summed E-state index contributed by atoms with van der Waals surface area (Å²) in [4.78, 5) is 0.731. The number of sulfonamides is 1. The molecule has 0 bridgehead atoms. The van der Waals surface area contributed by atoms with Gasteiger partial charge in [0.25, 0.3) is 10.0 Å². The van der Waals surface area contributed by atoms with Crippen LogP contribution in [-0.2, 0) is 16.6 Å². The molecule has 20 heavy (non-hydrogen) atoms. The second-order valence-electron chi connectivity index (χ2n) is 5.76. The highest BCUT2D eigenvalue weighted by atomic mass is 32.2. The van der Waals surface area contributed by atoms with Crippen molar-refractivity contribution in [3.63, 3.8) is 0 Å². The Labute approximate surface area is 125 Å². The molecule has 1 N–H and O–H groups in total. The summed E-state index contributed by atoms with van der Waals surface area (Å²) in [5, 5.41) is 9.22. The van der Waals surface area contributed by atoms with Crippen LogP contribution in [0.15, 0.2) is 10.3 Å². The first kappa shape index (κ1) is 15.9. The molecule has 0 amide bonds. The lowest BCUT2D eigenvalue weighted by atomic mass is 9.87. The molecule has 1 aromatic heterocycles. The third kappa shape index (κ3) is 3.08. The van der Waals surface area contributed by atoms with E-state index < -0.39 is 10.0 Å². The number of aryl methyl sites for hydroxylation is 1. The van der Waals surface area contributed by atoms with E-state index in [1.54, 1.807) is 13.1 Å². The zero-order valence-corrected chi connectivity index (χ0v) is 13.9. The van der Waals surface area contributed by atoms with Crippen molar-refractivity contribution in [2.24, 2.45) is 5.92 Å². The van der Waals surface area contributed by atoms with Crippen LogP contribution in [0.4, 0.5) is 0 Å². The predicted molar refractivity (Wildman–Crippen MR) is 81.3 cm³/mol. The van der Waals surface area contributed by atoms with Crippen molar-refractivity contribution in [2.75, 3.05) is 7.05 Å². The fraction of sp³-hybridized carbons (Fsp3) is 0.714. The van der Waals surface area contributed by atoms with Crippen LogP contribution in [0.25, 0.3) is 0 Å². The Morgan fingerprint density at radius 1 is 1.35 bits per heavy atom. The second-order valence-corrected chi connectivity index (χ2v) is 9.13. The third-order valence-corrected chi connectivity index (χ3v) is 7.86. The molecule has 0 spiro atoms. The Balaban J connectivity index is 2.20. The van der Waals surface area contributed by atoms with Gasteiger partial charge in [-0.25, -0.2) is 8.42 Å². The number of rotatable bonds is 4. The van der Waals surface area contributed by atoms with Gasteiger partial charge in [-0.3, -0.25) is 0 Å². The SMILES string of the molecule is Cc1cc(S(=O)(=O)N(C)C2CCC(C)CC2)sc1CO. The zero-order chi connectivity index (χ0) is 14.9. The molecule has 1 heterocycles. The van der Waals surface area contributed by atoms with Crippen LogP contribution in [0.3, 0.4) is 0 Å². The quantitative estimate of drug-likeness (QED) is 0.929. The minimum Gasteiger partial charge on any atom is -0.391 e. The minimum absolute atomic E-state index is 0.101. The molecule has 114 valence electrons. The van der Waals surface area contributed by atoms with Gasteiger partial charge in [-0.15, -0.1) is 11.3 Å². The lowest BCUT2D eigenvalue weighted by molar-refractivity contribution is 0.246. The highest BCUT2D eigenvalue weighted by Gasteiger charge is 2.31. The maximum atomic E-state index is 12.6. The standard InChI is InChI=1S/C14H23NO3S2/c1-10-4-6-12(7-5-10)15(3)20(17,18)14-8-11(2)13(9-16)19-14/h8,10,12,16H,4-7,9H2,1-3H3. The molecule has 0 aliphatic heterocycles. The van der Waals surface area contributed by atoms with Gasteiger partial charge in [0.1, 0.15) is 4.21 Å². The Bertz CT molecular complexity index is 557. The van der Waals surface area contributed by atoms with E-state index in [2.05, 4.69) is 6.92 Å². The van der Waals surface area contributed by atoms with Gasteiger partial charge in [-0.2, -0.15) is 4.31 Å². The van der Waals surface area contributed by atoms with E-state index in [0.717, 1.165) is 36.1 Å². The van der Waals surface area contributed by atoms with Crippen LogP contribution in [-0.4, -0.2) is 30.9 Å². The van der Waals surface area contributed by atoms with E-state index in [9.17, 15) is 13.5 Å². The molecule has 1 fully saturated rings. The molecule has 2 rings (SSSR count). The van der Waals surface area contributed by atoms with Crippen LogP contribution in [0.2, 0.25) is 0 Å². The summed E-state index contributed by atoms with van der Waals surface area (Å²) >= 11 is 1.18. The van der Waals surface area contributed by atoms with Gasteiger partial charge in [0.2, 0.25) is 0 Å². The highest BCUT2D eigenvalue weighted by molar-refractivity contribution is 7.91. The van der Waals surface area contributed by atoms with Crippen molar-refractivity contribution < 1.29 is 13.5 Å². The van der Waals surface area contributed by atoms with Crippen LogP contribution >= 0.6 is 11.3 Å². The Morgan fingerprint density at radius 2 is 1.95 bits per heavy atom. The molecule has 0 saturated heterocycles. The van der Waals surface area contributed by atoms with E-state index in [1.807, 2.05) is 6.92 Å². The first-order valence-electron chi connectivity index (χ1n) is 7.04. The molecule has 1 aliphatic carbocycles. The number of aliphatic hydroxyl groups excluding tert-OH is 1. The fourth-order valence-corrected chi connectivity index (χ4v) is 5.77. The van der Waals surface area contributed by atoms with Crippen molar-refractivity contribution in [3.05, 3.63) is 16.5 Å². The van der Waals surface area contributed by atoms with Crippen LogP contribution in [0.5, 0.6) is 0 Å². The summed E-state index contributed by atoms with van der Waals surface area (Å²) in [5.74, 6) is 0.701. The molecule has 1 aliphatic rings. The van der Waals surface area contributed by atoms with Crippen LogP contribution in [0.1, 0.15) is 43.0 Å². The monoisotopic (exact) mass is 317 g/mol. The topological polar surface area (TPSA) is 57.6 Å². The molecule has 1 saturated carbocycles. The molecular weight excluding hydrogens is 294 g/mol. The highest BCUT2D eigenvalue weighted by Crippen LogP contribution is 2.33. The van der Waals surface area contributed by atoms with Crippen LogP contribution < -0.4 is 0 Å². The number of thiophene rings is 1. The Morgan fingerprint density at radius 3 is 2.45 bits per heavy atom. The average molecular weight is 317 g/mol. The molecule has 1 aromatic rings. The lowest BCUT2D eigenvalue weighted by Gasteiger charge is -2.32. The van der Waals surface area contributed by atoms with Gasteiger partial charge < -0.3 is 5.11 Å². The normalized spacial score (nSPS) is 24.2. The van der Waals surface area contributed by atoms with Crippen molar-refractivity contribution in [1.82, 2.24) is 4.31 Å². The van der Waals surface area contributed by atoms with Crippen molar-refractivity contribution >= 4 is 21.4 Å². The maximum absolute atomic E-state index is 12.6. The summed E-state index contributed by atoms with van der Waals surface area (Å²) in [6, 6.07) is 1.78. The number of hydrogen-bond donors (Lipinski definition) is 1. The lowest BCUT2D eigenvalue weighted by Crippen LogP contribution is -2.38. The largest absolute Gasteiger partial charge is 0.391 e. The molecule has 0 radical (unpaired) electrons. The Kier molecular flexibility index (Phi) is 4.89. The third-order valence-electron chi connectivity index (χ3n) is 4.27. The summed E-state index contributed by atoms with van der Waals surface area (Å²) in [6.07, 6.45) is 4.06. The number of aliphatic hydroxyl groups is 1. The first-order chi connectivity index (χ1) is 9.36. The Hall–Kier alpha value is -0.430. The molecule has 4 nitrogen and oxygen atoms in total. The summed E-state index contributed by atoms with van der Waals surface area (Å²) < 4.78 is 27.2. The van der Waals surface area contributed by atoms with E-state index in [1.165, 1.54) is 15.6 Å². The fourth-order valence-electron chi connectivity index (χ4n) is 2.72. The molecule has 0 aromatic carbocycles. The molecule has 6 heteroatoms. The number of nitrogens with zero attached hydrogens (tertiary/aromatic N) is 1. The molecule has 0 unspecified atom stereocenters. The van der Waals surface area contributed by atoms with Gasteiger partial charge in [-0.1, -0.05) is 6.92 Å². The van der Waals surface area contributed by atoms with E-state index in [4.69, 9.17) is 0 Å². The average Bonchev–Trinajstić information content (AvgIpc) is 2.80. The predicted octanol–water partition coefficient (Wildman–Crippen LogP) is 2.75. The van der Waals surface area contributed by atoms with Gasteiger partial charge >= 0.3 is 0 Å². The van der Waals surface area contributed by atoms with Gasteiger partial charge in [0.15, 0.2) is 0 Å². The van der Waals surface area contributed by atoms with Gasteiger partial charge in [0, 0.05) is 18.0 Å². The zero-order valence-electron chi connectivity index (χ0n) is 12.3. The molecular formula is C14H23NO3S2. The second kappa shape index (κ2) is 6.13. The van der Waals surface area contributed by atoms with E-state index in [-0.39, 0.29) is 12.6 Å². The van der Waals surface area contributed by atoms with E-state index in [0.29, 0.717) is 10.1 Å². The summed E-state index contributed by atoms with van der Waals surface area (Å²) in [6.45, 7) is 3.96. The minimum atomic E-state index is -3.43. The smallest absolute Gasteiger partial charge is 0.252 e. The first-order valence-corrected chi connectivity index (χ1v) is 9.30. The van der Waals surface area contributed by atoms with Crippen molar-refractivity contribution in [3.8, 4) is 0 Å². The van der Waals surface area contributed by atoms with E-state index >= 15 is 0 Å². The number of hydrogen-bond acceptors (Lipinski definition) is 4. The van der Waals surface area contributed by atoms with Gasteiger partial charge in [-0.05, 0) is 50.2 Å². The van der Waals surface area contributed by atoms with Crippen molar-refractivity contribution in [2.45, 2.75) is 56.4 Å². The van der Waals surface area contributed by atoms with Crippen LogP contribution in [0, 0.1) is 12.8 Å².